The average Bonchev–Trinajstić information content (AvgIpc) is 2.83. The highest BCUT2D eigenvalue weighted by molar-refractivity contribution is 6.42. The molecule has 2 aromatic rings. The summed E-state index contributed by atoms with van der Waals surface area (Å²) in [5.41, 5.74) is 1.88. The van der Waals surface area contributed by atoms with Crippen LogP contribution in [0.4, 0.5) is 0 Å². The monoisotopic (exact) mass is 258 g/mol. The van der Waals surface area contributed by atoms with E-state index in [0.29, 0.717) is 6.32 Å². The van der Waals surface area contributed by atoms with Gasteiger partial charge in [0.1, 0.15) is 5.58 Å². The van der Waals surface area contributed by atoms with Crippen molar-refractivity contribution in [2.24, 2.45) is 0 Å². The highest BCUT2D eigenvalue weighted by atomic mass is 16.5. The molecule has 0 saturated heterocycles. The summed E-state index contributed by atoms with van der Waals surface area (Å²) in [6.45, 7) is 0. The van der Waals surface area contributed by atoms with Gasteiger partial charge in [-0.25, -0.2) is 0 Å². The summed E-state index contributed by atoms with van der Waals surface area (Å²) < 4.78 is 11.2. The predicted molar refractivity (Wildman–Crippen MR) is 75.8 cm³/mol. The number of rotatable bonds is 4. The summed E-state index contributed by atoms with van der Waals surface area (Å²) in [5.74, 6) is 0. The van der Waals surface area contributed by atoms with Crippen molar-refractivity contribution in [1.82, 2.24) is 0 Å². The molecule has 4 heteroatoms. The lowest BCUT2D eigenvalue weighted by atomic mass is 9.80. The van der Waals surface area contributed by atoms with Gasteiger partial charge in [0.15, 0.2) is 0 Å². The molecule has 0 radical (unpaired) electrons. The first kappa shape index (κ1) is 12.8. The minimum absolute atomic E-state index is 0.224. The zero-order valence-electron chi connectivity index (χ0n) is 11.0. The number of hydrogen-bond donors (Lipinski definition) is 1. The van der Waals surface area contributed by atoms with Crippen LogP contribution in [0.25, 0.3) is 11.0 Å². The molecule has 100 valence electrons. The van der Waals surface area contributed by atoms with Gasteiger partial charge in [-0.2, -0.15) is 0 Å². The topological polar surface area (TPSA) is 42.6 Å². The third kappa shape index (κ3) is 3.02. The van der Waals surface area contributed by atoms with Crippen molar-refractivity contribution in [2.75, 3.05) is 0 Å². The third-order valence-corrected chi connectivity index (χ3v) is 3.86. The van der Waals surface area contributed by atoms with E-state index in [0.717, 1.165) is 29.4 Å². The van der Waals surface area contributed by atoms with Gasteiger partial charge in [0, 0.05) is 17.8 Å². The molecular formula is C15H19BO3. The molecule has 1 saturated carbocycles. The molecule has 0 aliphatic heterocycles. The first-order chi connectivity index (χ1) is 9.33. The molecule has 19 heavy (non-hydrogen) atoms. The van der Waals surface area contributed by atoms with Crippen LogP contribution in [0.1, 0.15) is 37.7 Å². The van der Waals surface area contributed by atoms with Crippen LogP contribution < -0.4 is 0 Å². The summed E-state index contributed by atoms with van der Waals surface area (Å²) in [7, 11) is -0.732. The Morgan fingerprint density at radius 2 is 2.00 bits per heavy atom. The summed E-state index contributed by atoms with van der Waals surface area (Å²) in [6.07, 6.45) is 8.31. The van der Waals surface area contributed by atoms with Crippen molar-refractivity contribution in [3.05, 3.63) is 36.1 Å². The lowest BCUT2D eigenvalue weighted by molar-refractivity contribution is 0.126. The molecule has 1 heterocycles. The van der Waals surface area contributed by atoms with Gasteiger partial charge in [0.25, 0.3) is 0 Å². The predicted octanol–water partition coefficient (Wildman–Crippen LogP) is 3.34. The number of hydrogen-bond acceptors (Lipinski definition) is 3. The summed E-state index contributed by atoms with van der Waals surface area (Å²) in [6, 6.07) is 7.88. The Morgan fingerprint density at radius 3 is 2.84 bits per heavy atom. The van der Waals surface area contributed by atoms with Crippen molar-refractivity contribution >= 4 is 18.1 Å². The molecule has 1 aliphatic carbocycles. The Morgan fingerprint density at radius 1 is 1.21 bits per heavy atom. The fourth-order valence-electron chi connectivity index (χ4n) is 2.85. The van der Waals surface area contributed by atoms with E-state index < -0.39 is 7.12 Å². The van der Waals surface area contributed by atoms with Crippen molar-refractivity contribution in [3.8, 4) is 0 Å². The summed E-state index contributed by atoms with van der Waals surface area (Å²) in [5, 5.41) is 11.1. The Kier molecular flexibility index (Phi) is 3.90. The van der Waals surface area contributed by atoms with Gasteiger partial charge in [-0.15, -0.1) is 0 Å². The maximum atomic E-state index is 10.1. The molecule has 1 aromatic heterocycles. The van der Waals surface area contributed by atoms with Gasteiger partial charge in [0.05, 0.1) is 6.26 Å². The first-order valence-electron chi connectivity index (χ1n) is 7.11. The lowest BCUT2D eigenvalue weighted by Gasteiger charge is -2.23. The zero-order chi connectivity index (χ0) is 13.1. The van der Waals surface area contributed by atoms with Crippen LogP contribution in [0.2, 0.25) is 0 Å². The molecular weight excluding hydrogens is 239 g/mol. The quantitative estimate of drug-likeness (QED) is 0.855. The third-order valence-electron chi connectivity index (χ3n) is 3.86. The molecule has 0 bridgehead atoms. The van der Waals surface area contributed by atoms with E-state index in [1.165, 1.54) is 19.3 Å². The van der Waals surface area contributed by atoms with Crippen LogP contribution in [0.5, 0.6) is 0 Å². The van der Waals surface area contributed by atoms with E-state index in [-0.39, 0.29) is 6.10 Å². The Hall–Kier alpha value is -1.26. The normalized spacial score (nSPS) is 16.9. The van der Waals surface area contributed by atoms with E-state index >= 15 is 0 Å². The summed E-state index contributed by atoms with van der Waals surface area (Å²) in [4.78, 5) is 0. The number of furan rings is 1. The Labute approximate surface area is 113 Å². The van der Waals surface area contributed by atoms with Crippen molar-refractivity contribution in [2.45, 2.75) is 44.5 Å². The zero-order valence-corrected chi connectivity index (χ0v) is 11.0. The van der Waals surface area contributed by atoms with Crippen LogP contribution in [-0.2, 0) is 11.0 Å². The molecule has 1 aromatic carbocycles. The fraction of sp³-hybridized carbons (Fsp3) is 0.467. The van der Waals surface area contributed by atoms with E-state index in [9.17, 15) is 5.02 Å². The number of benzene rings is 1. The van der Waals surface area contributed by atoms with Gasteiger partial charge in [-0.1, -0.05) is 37.5 Å². The SMILES string of the molecule is OB(Cc1coc2ccccc12)OC1CCCCC1. The van der Waals surface area contributed by atoms with Crippen LogP contribution in [0.15, 0.2) is 34.9 Å². The van der Waals surface area contributed by atoms with E-state index in [2.05, 4.69) is 0 Å². The Bertz CT molecular complexity index is 531. The van der Waals surface area contributed by atoms with Crippen LogP contribution in [0.3, 0.4) is 0 Å². The maximum Gasteiger partial charge on any atom is 0.459 e. The molecule has 0 unspecified atom stereocenters. The summed E-state index contributed by atoms with van der Waals surface area (Å²) >= 11 is 0. The fourth-order valence-corrected chi connectivity index (χ4v) is 2.85. The maximum absolute atomic E-state index is 10.1. The molecule has 0 atom stereocenters. The molecule has 1 aliphatic rings. The average molecular weight is 258 g/mol. The molecule has 0 spiro atoms. The molecule has 1 N–H and O–H groups in total. The van der Waals surface area contributed by atoms with Crippen LogP contribution >= 0.6 is 0 Å². The smallest absolute Gasteiger partial charge is 0.459 e. The van der Waals surface area contributed by atoms with Gasteiger partial charge in [0.2, 0.25) is 0 Å². The van der Waals surface area contributed by atoms with Gasteiger partial charge >= 0.3 is 7.12 Å². The minimum Gasteiger partial charge on any atom is -0.464 e. The largest absolute Gasteiger partial charge is 0.464 e. The minimum atomic E-state index is -0.732. The van der Waals surface area contributed by atoms with E-state index in [1.807, 2.05) is 24.3 Å². The van der Waals surface area contributed by atoms with Crippen LogP contribution in [0, 0.1) is 0 Å². The van der Waals surface area contributed by atoms with E-state index in [1.54, 1.807) is 6.26 Å². The van der Waals surface area contributed by atoms with Crippen molar-refractivity contribution < 1.29 is 14.1 Å². The highest BCUT2D eigenvalue weighted by Gasteiger charge is 2.23. The molecule has 3 rings (SSSR count). The van der Waals surface area contributed by atoms with Gasteiger partial charge in [-0.05, 0) is 24.5 Å². The second kappa shape index (κ2) is 5.80. The molecule has 0 amide bonds. The highest BCUT2D eigenvalue weighted by Crippen LogP contribution is 2.24. The van der Waals surface area contributed by atoms with Crippen LogP contribution in [-0.4, -0.2) is 18.2 Å². The molecule has 3 nitrogen and oxygen atoms in total. The molecule has 1 fully saturated rings. The second-order valence-corrected chi connectivity index (χ2v) is 5.31. The first-order valence-corrected chi connectivity index (χ1v) is 7.11. The van der Waals surface area contributed by atoms with Gasteiger partial charge in [-0.3, -0.25) is 0 Å². The number of fused-ring (bicyclic) bond motifs is 1. The van der Waals surface area contributed by atoms with Gasteiger partial charge < -0.3 is 14.1 Å². The number of para-hydroxylation sites is 1. The lowest BCUT2D eigenvalue weighted by Crippen LogP contribution is -2.29. The standard InChI is InChI=1S/C15H19BO3/c17-16(19-13-6-2-1-3-7-13)10-12-11-18-15-9-5-4-8-14(12)15/h4-5,8-9,11,13,17H,1-3,6-7,10H2. The second-order valence-electron chi connectivity index (χ2n) is 5.31. The Balaban J connectivity index is 1.63. The van der Waals surface area contributed by atoms with Crippen molar-refractivity contribution in [3.63, 3.8) is 0 Å². The van der Waals surface area contributed by atoms with E-state index in [4.69, 9.17) is 9.07 Å². The van der Waals surface area contributed by atoms with Crippen molar-refractivity contribution in [1.29, 1.82) is 0 Å².